The molecule has 0 atom stereocenters. The molecule has 0 spiro atoms. The summed E-state index contributed by atoms with van der Waals surface area (Å²) in [5.74, 6) is -0.167. The van der Waals surface area contributed by atoms with E-state index in [4.69, 9.17) is 16.7 Å². The number of nitrogens with zero attached hydrogens (tertiary/aromatic N) is 2. The molecule has 0 saturated carbocycles. The first-order valence-electron chi connectivity index (χ1n) is 4.85. The molecule has 0 amide bonds. The number of hydrogen-bond acceptors (Lipinski definition) is 4. The Morgan fingerprint density at radius 3 is 2.29 bits per heavy atom. The molecule has 0 fully saturated rings. The van der Waals surface area contributed by atoms with Crippen molar-refractivity contribution in [3.63, 3.8) is 0 Å². The van der Waals surface area contributed by atoms with Crippen LogP contribution in [0, 0.1) is 0 Å². The van der Waals surface area contributed by atoms with Crippen LogP contribution in [0.25, 0.3) is 0 Å². The number of benzene rings is 2. The zero-order valence-corrected chi connectivity index (χ0v) is 9.46. The fourth-order valence-electron chi connectivity index (χ4n) is 1.24. The predicted molar refractivity (Wildman–Crippen MR) is 65.4 cm³/mol. The summed E-state index contributed by atoms with van der Waals surface area (Å²) in [6, 6.07) is 11.1. The first-order valence-corrected chi connectivity index (χ1v) is 5.23. The van der Waals surface area contributed by atoms with E-state index in [1.54, 1.807) is 24.3 Å². The van der Waals surface area contributed by atoms with E-state index in [2.05, 4.69) is 10.2 Å². The Morgan fingerprint density at radius 2 is 1.59 bits per heavy atom. The largest absolute Gasteiger partial charge is 0.508 e. The molecule has 0 heterocycles. The van der Waals surface area contributed by atoms with Gasteiger partial charge in [0.2, 0.25) is 0 Å². The summed E-state index contributed by atoms with van der Waals surface area (Å²) in [6.07, 6.45) is 0. The Bertz CT molecular complexity index is 570. The fraction of sp³-hybridized carbons (Fsp3) is 0. The van der Waals surface area contributed by atoms with E-state index >= 15 is 0 Å². The highest BCUT2D eigenvalue weighted by Crippen LogP contribution is 2.32. The molecular formula is C12H9ClN2O2. The van der Waals surface area contributed by atoms with Crippen LogP contribution in [0.15, 0.2) is 52.7 Å². The highest BCUT2D eigenvalue weighted by atomic mass is 35.5. The van der Waals surface area contributed by atoms with Crippen molar-refractivity contribution in [3.8, 4) is 11.5 Å². The van der Waals surface area contributed by atoms with Crippen LogP contribution in [0.1, 0.15) is 0 Å². The summed E-state index contributed by atoms with van der Waals surface area (Å²) in [5.41, 5.74) is 0.782. The third-order valence-electron chi connectivity index (χ3n) is 2.08. The number of aromatic hydroxyl groups is 2. The average Bonchev–Trinajstić information content (AvgIpc) is 2.30. The molecule has 17 heavy (non-hydrogen) atoms. The Balaban J connectivity index is 2.29. The number of rotatable bonds is 2. The van der Waals surface area contributed by atoms with Gasteiger partial charge in [0.1, 0.15) is 22.9 Å². The van der Waals surface area contributed by atoms with Crippen LogP contribution < -0.4 is 0 Å². The van der Waals surface area contributed by atoms with Crippen molar-refractivity contribution in [2.24, 2.45) is 10.2 Å². The molecule has 5 heteroatoms. The molecule has 0 aliphatic rings. The Morgan fingerprint density at radius 1 is 0.882 bits per heavy atom. The lowest BCUT2D eigenvalue weighted by atomic mass is 10.3. The molecule has 0 aliphatic carbocycles. The SMILES string of the molecule is Oc1ccc(/N=N/c2ccccc2Cl)c(O)c1. The number of hydrogen-bond donors (Lipinski definition) is 2. The van der Waals surface area contributed by atoms with E-state index in [9.17, 15) is 5.11 Å². The van der Waals surface area contributed by atoms with E-state index in [1.807, 2.05) is 0 Å². The van der Waals surface area contributed by atoms with Crippen LogP contribution in [-0.4, -0.2) is 10.2 Å². The maximum atomic E-state index is 9.49. The molecule has 0 unspecified atom stereocenters. The van der Waals surface area contributed by atoms with Gasteiger partial charge in [0.05, 0.1) is 5.02 Å². The van der Waals surface area contributed by atoms with Crippen molar-refractivity contribution in [2.45, 2.75) is 0 Å². The third-order valence-corrected chi connectivity index (χ3v) is 2.40. The van der Waals surface area contributed by atoms with Gasteiger partial charge in [-0.1, -0.05) is 23.7 Å². The van der Waals surface area contributed by atoms with Gasteiger partial charge in [-0.15, -0.1) is 10.2 Å². The van der Waals surface area contributed by atoms with Gasteiger partial charge >= 0.3 is 0 Å². The van der Waals surface area contributed by atoms with Gasteiger partial charge in [-0.25, -0.2) is 0 Å². The fourth-order valence-corrected chi connectivity index (χ4v) is 1.41. The van der Waals surface area contributed by atoms with Gasteiger partial charge in [-0.05, 0) is 24.3 Å². The molecule has 0 radical (unpaired) electrons. The third kappa shape index (κ3) is 2.73. The molecule has 2 N–H and O–H groups in total. The lowest BCUT2D eigenvalue weighted by Crippen LogP contribution is -1.69. The van der Waals surface area contributed by atoms with E-state index in [0.29, 0.717) is 10.7 Å². The van der Waals surface area contributed by atoms with Gasteiger partial charge in [0.25, 0.3) is 0 Å². The monoisotopic (exact) mass is 248 g/mol. The second kappa shape index (κ2) is 4.84. The van der Waals surface area contributed by atoms with Gasteiger partial charge < -0.3 is 10.2 Å². The number of phenolic OH excluding ortho intramolecular Hbond substituents is 2. The minimum absolute atomic E-state index is 0.0285. The summed E-state index contributed by atoms with van der Waals surface area (Å²) < 4.78 is 0. The second-order valence-electron chi connectivity index (χ2n) is 3.32. The predicted octanol–water partition coefficient (Wildman–Crippen LogP) is 4.17. The first kappa shape index (κ1) is 11.4. The smallest absolute Gasteiger partial charge is 0.146 e. The standard InChI is InChI=1S/C12H9ClN2O2/c13-9-3-1-2-4-10(9)14-15-11-6-5-8(16)7-12(11)17/h1-7,16-17H/b15-14+. The van der Waals surface area contributed by atoms with Gasteiger partial charge in [-0.2, -0.15) is 0 Å². The summed E-state index contributed by atoms with van der Waals surface area (Å²) in [6.45, 7) is 0. The highest BCUT2D eigenvalue weighted by Gasteiger charge is 2.01. The van der Waals surface area contributed by atoms with Crippen molar-refractivity contribution >= 4 is 23.0 Å². The van der Waals surface area contributed by atoms with Crippen molar-refractivity contribution in [2.75, 3.05) is 0 Å². The summed E-state index contributed by atoms with van der Waals surface area (Å²) >= 11 is 5.90. The van der Waals surface area contributed by atoms with Crippen molar-refractivity contribution < 1.29 is 10.2 Å². The Kier molecular flexibility index (Phi) is 3.25. The molecule has 0 bridgehead atoms. The van der Waals surface area contributed by atoms with Crippen molar-refractivity contribution in [3.05, 3.63) is 47.5 Å². The topological polar surface area (TPSA) is 65.2 Å². The second-order valence-corrected chi connectivity index (χ2v) is 3.73. The van der Waals surface area contributed by atoms with E-state index < -0.39 is 0 Å². The maximum Gasteiger partial charge on any atom is 0.146 e. The minimum atomic E-state index is -0.138. The molecule has 0 aliphatic heterocycles. The molecule has 86 valence electrons. The lowest BCUT2D eigenvalue weighted by molar-refractivity contribution is 0.451. The van der Waals surface area contributed by atoms with Crippen LogP contribution in [0.5, 0.6) is 11.5 Å². The minimum Gasteiger partial charge on any atom is -0.508 e. The van der Waals surface area contributed by atoms with E-state index in [-0.39, 0.29) is 17.2 Å². The van der Waals surface area contributed by atoms with Crippen LogP contribution in [-0.2, 0) is 0 Å². The summed E-state index contributed by atoms with van der Waals surface area (Å²) in [5, 5.41) is 26.9. The first-order chi connectivity index (χ1) is 8.16. The average molecular weight is 249 g/mol. The molecule has 0 saturated heterocycles. The molecule has 2 rings (SSSR count). The summed E-state index contributed by atoms with van der Waals surface area (Å²) in [4.78, 5) is 0. The van der Waals surface area contributed by atoms with Gasteiger partial charge in [0.15, 0.2) is 0 Å². The zero-order chi connectivity index (χ0) is 12.3. The quantitative estimate of drug-likeness (QED) is 0.784. The van der Waals surface area contributed by atoms with E-state index in [1.165, 1.54) is 18.2 Å². The molecule has 2 aromatic rings. The number of azo groups is 1. The molecular weight excluding hydrogens is 240 g/mol. The molecule has 0 aromatic heterocycles. The molecule has 2 aromatic carbocycles. The maximum absolute atomic E-state index is 9.49. The van der Waals surface area contributed by atoms with Crippen LogP contribution in [0.2, 0.25) is 5.02 Å². The lowest BCUT2D eigenvalue weighted by Gasteiger charge is -1.99. The summed E-state index contributed by atoms with van der Waals surface area (Å²) in [7, 11) is 0. The molecule has 4 nitrogen and oxygen atoms in total. The van der Waals surface area contributed by atoms with Gasteiger partial charge in [-0.3, -0.25) is 0 Å². The van der Waals surface area contributed by atoms with Crippen molar-refractivity contribution in [1.82, 2.24) is 0 Å². The van der Waals surface area contributed by atoms with Crippen LogP contribution in [0.4, 0.5) is 11.4 Å². The highest BCUT2D eigenvalue weighted by molar-refractivity contribution is 6.32. The zero-order valence-electron chi connectivity index (χ0n) is 8.71. The Hall–Kier alpha value is -2.07. The number of halogens is 1. The van der Waals surface area contributed by atoms with Crippen LogP contribution in [0.3, 0.4) is 0 Å². The normalized spacial score (nSPS) is 10.9. The van der Waals surface area contributed by atoms with Crippen molar-refractivity contribution in [1.29, 1.82) is 0 Å². The van der Waals surface area contributed by atoms with E-state index in [0.717, 1.165) is 0 Å². The van der Waals surface area contributed by atoms with Crippen LogP contribution >= 0.6 is 11.6 Å². The number of phenols is 2. The van der Waals surface area contributed by atoms with Gasteiger partial charge in [0, 0.05) is 6.07 Å². The Labute approximate surface area is 103 Å².